The van der Waals surface area contributed by atoms with Gasteiger partial charge in [0.1, 0.15) is 0 Å². The van der Waals surface area contributed by atoms with E-state index in [1.807, 2.05) is 0 Å². The van der Waals surface area contributed by atoms with Gasteiger partial charge >= 0.3 is 5.97 Å². The molecule has 3 saturated carbocycles. The molecule has 0 aromatic heterocycles. The lowest BCUT2D eigenvalue weighted by molar-refractivity contribution is -0.141. The van der Waals surface area contributed by atoms with Crippen molar-refractivity contribution < 1.29 is 9.90 Å². The van der Waals surface area contributed by atoms with Crippen molar-refractivity contribution >= 4 is 5.97 Å². The van der Waals surface area contributed by atoms with Crippen molar-refractivity contribution in [1.82, 2.24) is 0 Å². The third-order valence-electron chi connectivity index (χ3n) is 8.26. The second-order valence-corrected chi connectivity index (χ2v) is 9.63. The maximum absolute atomic E-state index is 11.6. The maximum Gasteiger partial charge on any atom is 0.331 e. The highest BCUT2D eigenvalue weighted by molar-refractivity contribution is 5.88. The number of carboxylic acids is 1. The summed E-state index contributed by atoms with van der Waals surface area (Å²) in [5.74, 6) is 0.947. The van der Waals surface area contributed by atoms with Gasteiger partial charge in [0.25, 0.3) is 0 Å². The molecule has 122 valence electrons. The quantitative estimate of drug-likeness (QED) is 0.724. The van der Waals surface area contributed by atoms with E-state index in [1.165, 1.54) is 44.1 Å². The average Bonchev–Trinajstić information content (AvgIpc) is 2.69. The zero-order chi connectivity index (χ0) is 15.8. The molecule has 0 radical (unpaired) electrons. The van der Waals surface area contributed by atoms with Crippen LogP contribution in [0.25, 0.3) is 0 Å². The molecule has 1 spiro atoms. The molecule has 0 saturated heterocycles. The van der Waals surface area contributed by atoms with E-state index in [9.17, 15) is 9.90 Å². The van der Waals surface area contributed by atoms with E-state index in [-0.39, 0.29) is 0 Å². The number of fused-ring (bicyclic) bond motifs is 3. The summed E-state index contributed by atoms with van der Waals surface area (Å²) in [5, 5.41) is 9.57. The van der Waals surface area contributed by atoms with Gasteiger partial charge in [0.2, 0.25) is 0 Å². The summed E-state index contributed by atoms with van der Waals surface area (Å²) in [4.78, 5) is 11.6. The minimum absolute atomic E-state index is 0.306. The molecule has 4 aliphatic carbocycles. The predicted octanol–water partition coefficient (Wildman–Crippen LogP) is 5.18. The topological polar surface area (TPSA) is 37.3 Å². The van der Waals surface area contributed by atoms with Crippen LogP contribution in [0.5, 0.6) is 0 Å². The van der Waals surface area contributed by atoms with Crippen molar-refractivity contribution in [3.05, 3.63) is 11.1 Å². The molecule has 4 aliphatic rings. The molecule has 0 aliphatic heterocycles. The molecule has 0 aromatic carbocycles. The van der Waals surface area contributed by atoms with Gasteiger partial charge in [-0.2, -0.15) is 0 Å². The molecular weight excluding hydrogens is 272 g/mol. The van der Waals surface area contributed by atoms with Crippen LogP contribution >= 0.6 is 0 Å². The van der Waals surface area contributed by atoms with E-state index < -0.39 is 5.97 Å². The Morgan fingerprint density at radius 3 is 2.55 bits per heavy atom. The molecule has 0 unspecified atom stereocenters. The number of carbonyl (C=O) groups is 1. The molecule has 0 heterocycles. The van der Waals surface area contributed by atoms with Crippen LogP contribution in [-0.4, -0.2) is 11.1 Å². The fourth-order valence-corrected chi connectivity index (χ4v) is 7.52. The van der Waals surface area contributed by atoms with Crippen molar-refractivity contribution in [2.24, 2.45) is 28.1 Å². The largest absolute Gasteiger partial charge is 0.478 e. The molecule has 2 bridgehead atoms. The summed E-state index contributed by atoms with van der Waals surface area (Å²) in [6, 6.07) is 0. The summed E-state index contributed by atoms with van der Waals surface area (Å²) in [5.41, 5.74) is 3.30. The molecule has 1 N–H and O–H groups in total. The maximum atomic E-state index is 11.6. The van der Waals surface area contributed by atoms with Crippen molar-refractivity contribution in [2.75, 3.05) is 0 Å². The smallest absolute Gasteiger partial charge is 0.331 e. The Kier molecular flexibility index (Phi) is 2.95. The summed E-state index contributed by atoms with van der Waals surface area (Å²) < 4.78 is 0. The molecule has 0 amide bonds. The Bertz CT molecular complexity index is 558. The van der Waals surface area contributed by atoms with E-state index >= 15 is 0 Å². The van der Waals surface area contributed by atoms with Gasteiger partial charge in [-0.25, -0.2) is 4.79 Å². The van der Waals surface area contributed by atoms with Gasteiger partial charge in [0.05, 0.1) is 0 Å². The Morgan fingerprint density at radius 1 is 1.05 bits per heavy atom. The zero-order valence-electron chi connectivity index (χ0n) is 14.4. The minimum atomic E-state index is -0.635. The Labute approximate surface area is 134 Å². The van der Waals surface area contributed by atoms with Gasteiger partial charge in [-0.1, -0.05) is 32.8 Å². The number of hydrogen-bond donors (Lipinski definition) is 1. The van der Waals surface area contributed by atoms with Crippen LogP contribution in [0.1, 0.15) is 78.6 Å². The molecule has 2 heteroatoms. The standard InChI is InChI=1S/C20H30O2/c1-18(2)8-4-9-19(3)15(18)7-10-20-11-13(5-6-16(19)20)14(12-20)17(21)22/h15-16H,4-12H2,1-3H3,(H,21,22)/t15-,16+,19-,20+/m1/s1. The summed E-state index contributed by atoms with van der Waals surface area (Å²) in [7, 11) is 0. The Morgan fingerprint density at radius 2 is 1.82 bits per heavy atom. The van der Waals surface area contributed by atoms with Crippen molar-refractivity contribution in [3.63, 3.8) is 0 Å². The van der Waals surface area contributed by atoms with Crippen LogP contribution in [-0.2, 0) is 4.79 Å². The van der Waals surface area contributed by atoms with Crippen molar-refractivity contribution in [3.8, 4) is 0 Å². The molecular formula is C20H30O2. The highest BCUT2D eigenvalue weighted by atomic mass is 16.4. The van der Waals surface area contributed by atoms with Gasteiger partial charge in [-0.15, -0.1) is 0 Å². The van der Waals surface area contributed by atoms with Gasteiger partial charge in [-0.3, -0.25) is 0 Å². The molecule has 2 nitrogen and oxygen atoms in total. The van der Waals surface area contributed by atoms with E-state index in [1.54, 1.807) is 0 Å². The number of hydrogen-bond acceptors (Lipinski definition) is 1. The van der Waals surface area contributed by atoms with E-state index in [0.29, 0.717) is 16.2 Å². The Balaban J connectivity index is 1.72. The summed E-state index contributed by atoms with van der Waals surface area (Å²) >= 11 is 0. The first-order valence-electron chi connectivity index (χ1n) is 9.23. The van der Waals surface area contributed by atoms with Crippen LogP contribution < -0.4 is 0 Å². The van der Waals surface area contributed by atoms with E-state index in [2.05, 4.69) is 20.8 Å². The highest BCUT2D eigenvalue weighted by Crippen LogP contribution is 2.71. The third kappa shape index (κ3) is 1.76. The second-order valence-electron chi connectivity index (χ2n) is 9.63. The normalized spacial score (nSPS) is 46.1. The van der Waals surface area contributed by atoms with E-state index in [0.717, 1.165) is 36.7 Å². The minimum Gasteiger partial charge on any atom is -0.478 e. The zero-order valence-corrected chi connectivity index (χ0v) is 14.4. The van der Waals surface area contributed by atoms with Gasteiger partial charge in [-0.05, 0) is 79.4 Å². The lowest BCUT2D eigenvalue weighted by Crippen LogP contribution is -2.55. The number of allylic oxidation sites excluding steroid dienone is 1. The summed E-state index contributed by atoms with van der Waals surface area (Å²) in [6.45, 7) is 7.53. The second kappa shape index (κ2) is 4.39. The van der Waals surface area contributed by atoms with Crippen LogP contribution in [0.2, 0.25) is 0 Å². The number of carboxylic acid groups (broad SMARTS) is 1. The molecule has 4 rings (SSSR count). The first-order valence-corrected chi connectivity index (χ1v) is 9.23. The monoisotopic (exact) mass is 302 g/mol. The van der Waals surface area contributed by atoms with Crippen LogP contribution in [0.4, 0.5) is 0 Å². The van der Waals surface area contributed by atoms with E-state index in [4.69, 9.17) is 0 Å². The van der Waals surface area contributed by atoms with Crippen molar-refractivity contribution in [2.45, 2.75) is 78.6 Å². The van der Waals surface area contributed by atoms with Crippen molar-refractivity contribution in [1.29, 1.82) is 0 Å². The van der Waals surface area contributed by atoms with Crippen LogP contribution in [0.15, 0.2) is 11.1 Å². The van der Waals surface area contributed by atoms with Crippen LogP contribution in [0.3, 0.4) is 0 Å². The fourth-order valence-electron chi connectivity index (χ4n) is 7.52. The summed E-state index contributed by atoms with van der Waals surface area (Å²) in [6.07, 6.45) is 10.9. The SMILES string of the molecule is CC1(C)CCC[C@]2(C)[C@@H]1CC[C@]13CC(=C(C(=O)O)C1)CC[C@H]32. The lowest BCUT2D eigenvalue weighted by atomic mass is 9.41. The average molecular weight is 302 g/mol. The predicted molar refractivity (Wildman–Crippen MR) is 87.5 cm³/mol. The highest BCUT2D eigenvalue weighted by Gasteiger charge is 2.62. The molecule has 3 fully saturated rings. The number of rotatable bonds is 1. The van der Waals surface area contributed by atoms with Gasteiger partial charge < -0.3 is 5.11 Å². The molecule has 4 atom stereocenters. The van der Waals surface area contributed by atoms with Gasteiger partial charge in [0.15, 0.2) is 0 Å². The van der Waals surface area contributed by atoms with Gasteiger partial charge in [0, 0.05) is 5.57 Å². The Hall–Kier alpha value is -0.790. The molecule has 22 heavy (non-hydrogen) atoms. The lowest BCUT2D eigenvalue weighted by Gasteiger charge is -2.64. The fraction of sp³-hybridized carbons (Fsp3) is 0.850. The van der Waals surface area contributed by atoms with Crippen LogP contribution in [0, 0.1) is 28.1 Å². The molecule has 0 aromatic rings. The number of aliphatic carboxylic acids is 1. The first-order chi connectivity index (χ1) is 10.3. The third-order valence-corrected chi connectivity index (χ3v) is 8.26. The first kappa shape index (κ1) is 14.8.